The molecule has 0 aliphatic carbocycles. The third-order valence-corrected chi connectivity index (χ3v) is 4.14. The maximum absolute atomic E-state index is 9.67. The number of aromatic amines is 1. The Morgan fingerprint density at radius 2 is 1.91 bits per heavy atom. The molecule has 22 heavy (non-hydrogen) atoms. The van der Waals surface area contributed by atoms with E-state index in [1.54, 1.807) is 6.07 Å². The molecule has 0 unspecified atom stereocenters. The fourth-order valence-corrected chi connectivity index (χ4v) is 2.84. The Bertz CT molecular complexity index is 734. The molecule has 0 amide bonds. The van der Waals surface area contributed by atoms with Crippen molar-refractivity contribution in [3.05, 3.63) is 65.9 Å². The lowest BCUT2D eigenvalue weighted by molar-refractivity contribution is 0.284. The van der Waals surface area contributed by atoms with Crippen molar-refractivity contribution in [1.29, 1.82) is 0 Å². The Hall–Kier alpha value is -2.26. The number of phenols is 1. The summed E-state index contributed by atoms with van der Waals surface area (Å²) < 4.78 is 0. The van der Waals surface area contributed by atoms with Gasteiger partial charge in [-0.15, -0.1) is 0 Å². The molecule has 2 N–H and O–H groups in total. The van der Waals surface area contributed by atoms with Crippen molar-refractivity contribution in [2.45, 2.75) is 19.9 Å². The first-order valence-corrected chi connectivity index (χ1v) is 7.81. The average molecular weight is 294 g/mol. The molecule has 3 rings (SSSR count). The Labute approximate surface area is 131 Å². The van der Waals surface area contributed by atoms with Gasteiger partial charge >= 0.3 is 0 Å². The van der Waals surface area contributed by atoms with Crippen LogP contribution in [0, 0.1) is 0 Å². The first-order valence-electron chi connectivity index (χ1n) is 7.81. The van der Waals surface area contributed by atoms with Crippen LogP contribution in [0.1, 0.15) is 18.1 Å². The van der Waals surface area contributed by atoms with E-state index in [9.17, 15) is 5.11 Å². The lowest BCUT2D eigenvalue weighted by Crippen LogP contribution is -2.25. The van der Waals surface area contributed by atoms with Gasteiger partial charge < -0.3 is 10.1 Å². The van der Waals surface area contributed by atoms with E-state index < -0.39 is 0 Å². The molecule has 0 saturated heterocycles. The molecule has 3 nitrogen and oxygen atoms in total. The van der Waals surface area contributed by atoms with Crippen LogP contribution in [0.4, 0.5) is 0 Å². The van der Waals surface area contributed by atoms with Gasteiger partial charge in [-0.25, -0.2) is 0 Å². The Kier molecular flexibility index (Phi) is 4.45. The molecule has 0 spiro atoms. The monoisotopic (exact) mass is 294 g/mol. The molecule has 1 aromatic heterocycles. The van der Waals surface area contributed by atoms with Crippen LogP contribution in [0.5, 0.6) is 5.75 Å². The zero-order valence-electron chi connectivity index (χ0n) is 12.9. The van der Waals surface area contributed by atoms with Crippen molar-refractivity contribution in [1.82, 2.24) is 9.88 Å². The Balaban J connectivity index is 1.68. The van der Waals surface area contributed by atoms with Crippen molar-refractivity contribution >= 4 is 10.9 Å². The molecule has 3 aromatic rings. The predicted molar refractivity (Wildman–Crippen MR) is 91.1 cm³/mol. The second kappa shape index (κ2) is 6.67. The van der Waals surface area contributed by atoms with E-state index in [0.717, 1.165) is 37.0 Å². The highest BCUT2D eigenvalue weighted by atomic mass is 16.3. The maximum atomic E-state index is 9.67. The minimum atomic E-state index is 0.324. The number of hydrogen-bond donors (Lipinski definition) is 2. The van der Waals surface area contributed by atoms with Crippen LogP contribution in [0.2, 0.25) is 0 Å². The number of aromatic nitrogens is 1. The summed E-state index contributed by atoms with van der Waals surface area (Å²) in [5.74, 6) is 0.324. The number of H-pyrrole nitrogens is 1. The van der Waals surface area contributed by atoms with Gasteiger partial charge in [0.15, 0.2) is 0 Å². The fraction of sp³-hybridized carbons (Fsp3) is 0.263. The highest BCUT2D eigenvalue weighted by Gasteiger charge is 2.08. The van der Waals surface area contributed by atoms with Crippen molar-refractivity contribution in [2.24, 2.45) is 0 Å². The van der Waals surface area contributed by atoms with Gasteiger partial charge in [0, 0.05) is 30.2 Å². The number of aromatic hydroxyl groups is 1. The number of phenolic OH excluding ortho intramolecular Hbond substituents is 1. The van der Waals surface area contributed by atoms with Crippen LogP contribution in [0.3, 0.4) is 0 Å². The van der Waals surface area contributed by atoms with E-state index in [1.165, 1.54) is 11.1 Å². The first kappa shape index (κ1) is 14.7. The SMILES string of the molecule is CCN(CCc1c[nH]c2ccc(O)cc12)Cc1ccccc1. The number of fused-ring (bicyclic) bond motifs is 1. The molecule has 0 aliphatic heterocycles. The average Bonchev–Trinajstić information content (AvgIpc) is 2.94. The molecule has 2 aromatic carbocycles. The lowest BCUT2D eigenvalue weighted by atomic mass is 10.1. The molecule has 0 atom stereocenters. The van der Waals surface area contributed by atoms with Crippen LogP contribution in [-0.2, 0) is 13.0 Å². The summed E-state index contributed by atoms with van der Waals surface area (Å²) in [5, 5.41) is 10.8. The molecule has 0 radical (unpaired) electrons. The van der Waals surface area contributed by atoms with Gasteiger partial charge in [0.2, 0.25) is 0 Å². The lowest BCUT2D eigenvalue weighted by Gasteiger charge is -2.20. The number of likely N-dealkylation sites (N-methyl/N-ethyl adjacent to an activating group) is 1. The minimum absolute atomic E-state index is 0.324. The summed E-state index contributed by atoms with van der Waals surface area (Å²) in [6.07, 6.45) is 3.03. The van der Waals surface area contributed by atoms with Crippen LogP contribution in [0.25, 0.3) is 10.9 Å². The number of hydrogen-bond acceptors (Lipinski definition) is 2. The normalized spacial score (nSPS) is 11.4. The van der Waals surface area contributed by atoms with Crippen molar-refractivity contribution in [2.75, 3.05) is 13.1 Å². The highest BCUT2D eigenvalue weighted by Crippen LogP contribution is 2.23. The van der Waals surface area contributed by atoms with E-state index in [4.69, 9.17) is 0 Å². The topological polar surface area (TPSA) is 39.3 Å². The summed E-state index contributed by atoms with van der Waals surface area (Å²) in [6, 6.07) is 16.1. The Morgan fingerprint density at radius 3 is 2.68 bits per heavy atom. The van der Waals surface area contributed by atoms with Gasteiger partial charge in [0.25, 0.3) is 0 Å². The molecule has 0 aliphatic rings. The van der Waals surface area contributed by atoms with Crippen molar-refractivity contribution in [3.63, 3.8) is 0 Å². The first-order chi connectivity index (χ1) is 10.8. The number of nitrogens with zero attached hydrogens (tertiary/aromatic N) is 1. The summed E-state index contributed by atoms with van der Waals surface area (Å²) in [6.45, 7) is 5.21. The van der Waals surface area contributed by atoms with E-state index in [2.05, 4.69) is 53.3 Å². The maximum Gasteiger partial charge on any atom is 0.116 e. The van der Waals surface area contributed by atoms with E-state index in [-0.39, 0.29) is 0 Å². The smallest absolute Gasteiger partial charge is 0.116 e. The molecule has 0 fully saturated rings. The number of nitrogens with one attached hydrogen (secondary N) is 1. The zero-order valence-corrected chi connectivity index (χ0v) is 12.9. The second-order valence-electron chi connectivity index (χ2n) is 5.65. The number of rotatable bonds is 6. The molecule has 114 valence electrons. The molecular formula is C19H22N2O. The molecule has 0 saturated carbocycles. The van der Waals surface area contributed by atoms with Gasteiger partial charge in [0.05, 0.1) is 0 Å². The highest BCUT2D eigenvalue weighted by molar-refractivity contribution is 5.84. The van der Waals surface area contributed by atoms with Crippen molar-refractivity contribution in [3.8, 4) is 5.75 Å². The molecule has 1 heterocycles. The van der Waals surface area contributed by atoms with E-state index in [0.29, 0.717) is 5.75 Å². The third kappa shape index (κ3) is 3.31. The van der Waals surface area contributed by atoms with Gasteiger partial charge in [-0.2, -0.15) is 0 Å². The minimum Gasteiger partial charge on any atom is -0.508 e. The van der Waals surface area contributed by atoms with Crippen molar-refractivity contribution < 1.29 is 5.11 Å². The summed E-state index contributed by atoms with van der Waals surface area (Å²) in [7, 11) is 0. The summed E-state index contributed by atoms with van der Waals surface area (Å²) in [4.78, 5) is 5.72. The van der Waals surface area contributed by atoms with Crippen LogP contribution in [0.15, 0.2) is 54.7 Å². The molecule has 0 bridgehead atoms. The molecular weight excluding hydrogens is 272 g/mol. The van der Waals surface area contributed by atoms with Crippen LogP contribution >= 0.6 is 0 Å². The standard InChI is InChI=1S/C19H22N2O/c1-2-21(14-15-6-4-3-5-7-15)11-10-16-13-20-19-9-8-17(22)12-18(16)19/h3-9,12-13,20,22H,2,10-11,14H2,1H3. The van der Waals surface area contributed by atoms with Crippen LogP contribution < -0.4 is 0 Å². The number of benzene rings is 2. The van der Waals surface area contributed by atoms with Gasteiger partial charge in [-0.05, 0) is 42.3 Å². The molecule has 3 heteroatoms. The van der Waals surface area contributed by atoms with Gasteiger partial charge in [-0.3, -0.25) is 4.90 Å². The summed E-state index contributed by atoms with van der Waals surface area (Å²) >= 11 is 0. The predicted octanol–water partition coefficient (Wildman–Crippen LogP) is 3.94. The second-order valence-corrected chi connectivity index (χ2v) is 5.65. The van der Waals surface area contributed by atoms with E-state index in [1.807, 2.05) is 12.1 Å². The van der Waals surface area contributed by atoms with E-state index >= 15 is 0 Å². The van der Waals surface area contributed by atoms with Crippen LogP contribution in [-0.4, -0.2) is 28.1 Å². The quantitative estimate of drug-likeness (QED) is 0.723. The largest absolute Gasteiger partial charge is 0.508 e. The fourth-order valence-electron chi connectivity index (χ4n) is 2.84. The van der Waals surface area contributed by atoms with Gasteiger partial charge in [-0.1, -0.05) is 37.3 Å². The van der Waals surface area contributed by atoms with Gasteiger partial charge in [0.1, 0.15) is 5.75 Å². The third-order valence-electron chi connectivity index (χ3n) is 4.14. The summed E-state index contributed by atoms with van der Waals surface area (Å²) in [5.41, 5.74) is 3.69. The Morgan fingerprint density at radius 1 is 1.09 bits per heavy atom. The zero-order chi connectivity index (χ0) is 15.4.